The van der Waals surface area contributed by atoms with Crippen LogP contribution in [0.25, 0.3) is 0 Å². The largest absolute Gasteiger partial charge is 0.399 e. The molecule has 2 N–H and O–H groups in total. The van der Waals surface area contributed by atoms with Gasteiger partial charge in [-0.05, 0) is 35.9 Å². The zero-order valence-corrected chi connectivity index (χ0v) is 10.2. The van der Waals surface area contributed by atoms with E-state index < -0.39 is 0 Å². The highest BCUT2D eigenvalue weighted by molar-refractivity contribution is 6.34. The van der Waals surface area contributed by atoms with Gasteiger partial charge in [0.15, 0.2) is 5.78 Å². The van der Waals surface area contributed by atoms with Gasteiger partial charge in [0.05, 0.1) is 5.02 Å². The number of nitrogen functional groups attached to an aromatic ring is 1. The van der Waals surface area contributed by atoms with E-state index in [9.17, 15) is 9.18 Å². The van der Waals surface area contributed by atoms with Crippen molar-refractivity contribution in [2.24, 2.45) is 0 Å². The average molecular weight is 264 g/mol. The number of hydrogen-bond donors (Lipinski definition) is 1. The van der Waals surface area contributed by atoms with E-state index in [1.54, 1.807) is 24.3 Å². The van der Waals surface area contributed by atoms with E-state index in [1.165, 1.54) is 18.2 Å². The number of carbonyl (C=O) groups is 1. The highest BCUT2D eigenvalue weighted by Gasteiger charge is 2.11. The van der Waals surface area contributed by atoms with Gasteiger partial charge in [0.25, 0.3) is 0 Å². The summed E-state index contributed by atoms with van der Waals surface area (Å²) >= 11 is 5.94. The van der Waals surface area contributed by atoms with Crippen molar-refractivity contribution in [3.63, 3.8) is 0 Å². The van der Waals surface area contributed by atoms with Crippen molar-refractivity contribution in [3.8, 4) is 0 Å². The average Bonchev–Trinajstić information content (AvgIpc) is 2.32. The van der Waals surface area contributed by atoms with Crippen molar-refractivity contribution in [2.75, 3.05) is 5.73 Å². The Balaban J connectivity index is 2.24. The number of carbonyl (C=O) groups excluding carboxylic acids is 1. The van der Waals surface area contributed by atoms with Gasteiger partial charge in [-0.1, -0.05) is 23.7 Å². The zero-order chi connectivity index (χ0) is 13.1. The second-order valence-corrected chi connectivity index (χ2v) is 4.38. The Hall–Kier alpha value is -1.87. The SMILES string of the molecule is Nc1ccc(Cl)c(C(=O)Cc2cccc(F)c2)c1. The first-order valence-corrected chi connectivity index (χ1v) is 5.77. The maximum absolute atomic E-state index is 13.0. The van der Waals surface area contributed by atoms with Gasteiger partial charge in [0.1, 0.15) is 5.82 Å². The van der Waals surface area contributed by atoms with Gasteiger partial charge in [-0.2, -0.15) is 0 Å². The molecule has 0 saturated heterocycles. The van der Waals surface area contributed by atoms with Crippen LogP contribution in [0.4, 0.5) is 10.1 Å². The van der Waals surface area contributed by atoms with Crippen LogP contribution >= 0.6 is 11.6 Å². The van der Waals surface area contributed by atoms with Crippen molar-refractivity contribution >= 4 is 23.1 Å². The minimum atomic E-state index is -0.362. The first kappa shape index (κ1) is 12.6. The Morgan fingerprint density at radius 3 is 2.72 bits per heavy atom. The molecule has 0 heterocycles. The highest BCUT2D eigenvalue weighted by atomic mass is 35.5. The number of nitrogens with two attached hydrogens (primary N) is 1. The van der Waals surface area contributed by atoms with Crippen LogP contribution in [-0.4, -0.2) is 5.78 Å². The van der Waals surface area contributed by atoms with Crippen LogP contribution in [0, 0.1) is 5.82 Å². The van der Waals surface area contributed by atoms with Gasteiger partial charge in [-0.3, -0.25) is 4.79 Å². The van der Waals surface area contributed by atoms with E-state index in [4.69, 9.17) is 17.3 Å². The van der Waals surface area contributed by atoms with Gasteiger partial charge in [0, 0.05) is 17.7 Å². The Labute approximate surface area is 109 Å². The van der Waals surface area contributed by atoms with E-state index in [1.807, 2.05) is 0 Å². The molecule has 0 aliphatic carbocycles. The summed E-state index contributed by atoms with van der Waals surface area (Å²) in [5.74, 6) is -0.545. The maximum atomic E-state index is 13.0. The quantitative estimate of drug-likeness (QED) is 0.680. The monoisotopic (exact) mass is 263 g/mol. The predicted molar refractivity (Wildman–Crippen MR) is 70.3 cm³/mol. The highest BCUT2D eigenvalue weighted by Crippen LogP contribution is 2.21. The van der Waals surface area contributed by atoms with Gasteiger partial charge < -0.3 is 5.73 Å². The molecule has 0 aliphatic heterocycles. The second-order valence-electron chi connectivity index (χ2n) is 3.97. The minimum Gasteiger partial charge on any atom is -0.399 e. The molecule has 0 unspecified atom stereocenters. The van der Waals surface area contributed by atoms with E-state index in [0.717, 1.165) is 0 Å². The second kappa shape index (κ2) is 5.19. The molecule has 2 rings (SSSR count). The van der Waals surface area contributed by atoms with Crippen LogP contribution < -0.4 is 5.73 Å². The van der Waals surface area contributed by atoms with Crippen LogP contribution in [0.15, 0.2) is 42.5 Å². The third-order valence-corrected chi connectivity index (χ3v) is 2.87. The molecule has 2 aromatic carbocycles. The topological polar surface area (TPSA) is 43.1 Å². The lowest BCUT2D eigenvalue weighted by Crippen LogP contribution is -2.05. The van der Waals surface area contributed by atoms with E-state index in [0.29, 0.717) is 21.8 Å². The van der Waals surface area contributed by atoms with Crippen molar-refractivity contribution in [1.82, 2.24) is 0 Å². The lowest BCUT2D eigenvalue weighted by atomic mass is 10.0. The molecule has 0 fully saturated rings. The number of Topliss-reactive ketones (excluding diaryl/α,β-unsaturated/α-hetero) is 1. The molecule has 0 amide bonds. The molecule has 4 heteroatoms. The van der Waals surface area contributed by atoms with Crippen molar-refractivity contribution in [1.29, 1.82) is 0 Å². The minimum absolute atomic E-state index is 0.0981. The normalized spacial score (nSPS) is 10.3. The fourth-order valence-corrected chi connectivity index (χ4v) is 1.91. The number of anilines is 1. The summed E-state index contributed by atoms with van der Waals surface area (Å²) in [7, 11) is 0. The molecule has 0 saturated carbocycles. The fraction of sp³-hybridized carbons (Fsp3) is 0.0714. The van der Waals surface area contributed by atoms with Gasteiger partial charge in [-0.25, -0.2) is 4.39 Å². The van der Waals surface area contributed by atoms with Crippen molar-refractivity contribution in [3.05, 3.63) is 64.4 Å². The predicted octanol–water partition coefficient (Wildman–Crippen LogP) is 3.49. The molecule has 0 spiro atoms. The molecule has 18 heavy (non-hydrogen) atoms. The maximum Gasteiger partial charge on any atom is 0.168 e. The van der Waals surface area contributed by atoms with Gasteiger partial charge >= 0.3 is 0 Å². The summed E-state index contributed by atoms with van der Waals surface area (Å²) in [4.78, 5) is 12.0. The Bertz CT molecular complexity index is 598. The van der Waals surface area contributed by atoms with Crippen LogP contribution in [-0.2, 0) is 6.42 Å². The molecule has 0 aromatic heterocycles. The third kappa shape index (κ3) is 2.87. The number of ketones is 1. The van der Waals surface area contributed by atoms with Gasteiger partial charge in [0.2, 0.25) is 0 Å². The van der Waals surface area contributed by atoms with Crippen molar-refractivity contribution in [2.45, 2.75) is 6.42 Å². The molecule has 2 aromatic rings. The molecule has 0 aliphatic rings. The zero-order valence-electron chi connectivity index (χ0n) is 9.49. The number of benzene rings is 2. The molecule has 0 atom stereocenters. The van der Waals surface area contributed by atoms with Gasteiger partial charge in [-0.15, -0.1) is 0 Å². The summed E-state index contributed by atoms with van der Waals surface area (Å²) in [6.45, 7) is 0. The van der Waals surface area contributed by atoms with E-state index in [-0.39, 0.29) is 18.0 Å². The molecule has 92 valence electrons. The van der Waals surface area contributed by atoms with Crippen LogP contribution in [0.3, 0.4) is 0 Å². The fourth-order valence-electron chi connectivity index (χ4n) is 1.68. The molecule has 2 nitrogen and oxygen atoms in total. The van der Waals surface area contributed by atoms with Crippen LogP contribution in [0.5, 0.6) is 0 Å². The first-order chi connectivity index (χ1) is 8.56. The molecular formula is C14H11ClFNO. The number of rotatable bonds is 3. The Morgan fingerprint density at radius 2 is 2.00 bits per heavy atom. The Morgan fingerprint density at radius 1 is 1.22 bits per heavy atom. The molecule has 0 bridgehead atoms. The third-order valence-electron chi connectivity index (χ3n) is 2.54. The lowest BCUT2D eigenvalue weighted by molar-refractivity contribution is 0.0993. The Kier molecular flexibility index (Phi) is 3.63. The summed E-state index contributed by atoms with van der Waals surface area (Å²) in [5.41, 5.74) is 7.06. The number of hydrogen-bond acceptors (Lipinski definition) is 2. The van der Waals surface area contributed by atoms with Crippen LogP contribution in [0.2, 0.25) is 5.02 Å². The van der Waals surface area contributed by atoms with Crippen molar-refractivity contribution < 1.29 is 9.18 Å². The van der Waals surface area contributed by atoms with E-state index >= 15 is 0 Å². The summed E-state index contributed by atoms with van der Waals surface area (Å²) in [5, 5.41) is 0.352. The standard InChI is InChI=1S/C14H11ClFNO/c15-13-5-4-11(17)8-12(13)14(18)7-9-2-1-3-10(16)6-9/h1-6,8H,7,17H2. The van der Waals surface area contributed by atoms with Crippen LogP contribution in [0.1, 0.15) is 15.9 Å². The van der Waals surface area contributed by atoms with E-state index in [2.05, 4.69) is 0 Å². The smallest absolute Gasteiger partial charge is 0.168 e. The lowest BCUT2D eigenvalue weighted by Gasteiger charge is -2.05. The summed E-state index contributed by atoms with van der Waals surface area (Å²) in [6.07, 6.45) is 0.0981. The first-order valence-electron chi connectivity index (χ1n) is 5.39. The molecule has 0 radical (unpaired) electrons. The summed E-state index contributed by atoms with van der Waals surface area (Å²) < 4.78 is 13.0. The number of halogens is 2. The summed E-state index contributed by atoms with van der Waals surface area (Å²) in [6, 6.07) is 10.7. The molecular weight excluding hydrogens is 253 g/mol.